The molecule has 0 aromatic heterocycles. The highest BCUT2D eigenvalue weighted by molar-refractivity contribution is 6.31. The van der Waals surface area contributed by atoms with E-state index in [1.807, 2.05) is 0 Å². The van der Waals surface area contributed by atoms with Crippen LogP contribution in [0.25, 0.3) is 0 Å². The van der Waals surface area contributed by atoms with E-state index in [2.05, 4.69) is 9.99 Å². The largest absolute Gasteiger partial charge is 0.508 e. The van der Waals surface area contributed by atoms with Crippen molar-refractivity contribution in [2.24, 2.45) is 11.1 Å². The average Bonchev–Trinajstić information content (AvgIpc) is 2.63. The topological polar surface area (TPSA) is 58.9 Å². The van der Waals surface area contributed by atoms with Gasteiger partial charge in [-0.25, -0.2) is 4.79 Å². The maximum Gasteiger partial charge on any atom is 0.344 e. The van der Waals surface area contributed by atoms with E-state index in [1.165, 1.54) is 0 Å². The molecule has 1 aromatic rings. The van der Waals surface area contributed by atoms with Crippen molar-refractivity contribution in [3.8, 4) is 5.75 Å². The number of hydrogen-bond acceptors (Lipinski definition) is 4. The van der Waals surface area contributed by atoms with Gasteiger partial charge in [0.1, 0.15) is 11.7 Å². The van der Waals surface area contributed by atoms with Crippen LogP contribution in [-0.2, 0) is 16.1 Å². The summed E-state index contributed by atoms with van der Waals surface area (Å²) in [4.78, 5) is 16.0. The first kappa shape index (κ1) is 11.0. The summed E-state index contributed by atoms with van der Waals surface area (Å²) in [6.45, 7) is 0. The molecule has 1 aliphatic rings. The molecule has 0 saturated heterocycles. The molecule has 1 aliphatic heterocycles. The zero-order chi connectivity index (χ0) is 11.5. The Morgan fingerprint density at radius 1 is 1.38 bits per heavy atom. The van der Waals surface area contributed by atoms with Crippen LogP contribution in [0.4, 0.5) is 0 Å². The maximum atomic E-state index is 11.4. The van der Waals surface area contributed by atoms with E-state index in [9.17, 15) is 4.79 Å². The molecule has 0 spiro atoms. The van der Waals surface area contributed by atoms with E-state index >= 15 is 0 Å². The fraction of sp³-hybridized carbons (Fsp3) is 0.273. The normalized spacial score (nSPS) is 19.4. The minimum Gasteiger partial charge on any atom is -0.508 e. The fourth-order valence-electron chi connectivity index (χ4n) is 1.55. The van der Waals surface area contributed by atoms with Crippen molar-refractivity contribution in [3.05, 3.63) is 29.8 Å². The van der Waals surface area contributed by atoms with Crippen LogP contribution in [0.5, 0.6) is 5.75 Å². The Hall–Kier alpha value is -1.55. The zero-order valence-electron chi connectivity index (χ0n) is 8.39. The van der Waals surface area contributed by atoms with Crippen molar-refractivity contribution in [2.75, 3.05) is 5.88 Å². The second kappa shape index (κ2) is 4.53. The van der Waals surface area contributed by atoms with Crippen LogP contribution in [0.15, 0.2) is 29.4 Å². The van der Waals surface area contributed by atoms with Crippen LogP contribution in [-0.4, -0.2) is 22.7 Å². The molecule has 0 radical (unpaired) electrons. The van der Waals surface area contributed by atoms with Crippen LogP contribution in [0.2, 0.25) is 0 Å². The van der Waals surface area contributed by atoms with Crippen molar-refractivity contribution in [2.45, 2.75) is 6.42 Å². The summed E-state index contributed by atoms with van der Waals surface area (Å²) in [6, 6.07) is 6.67. The van der Waals surface area contributed by atoms with Gasteiger partial charge in [-0.2, -0.15) is 0 Å². The molecule has 5 heteroatoms. The van der Waals surface area contributed by atoms with E-state index in [1.54, 1.807) is 24.3 Å². The van der Waals surface area contributed by atoms with Crippen molar-refractivity contribution in [1.29, 1.82) is 0 Å². The molecule has 0 aliphatic carbocycles. The number of phenols is 1. The summed E-state index contributed by atoms with van der Waals surface area (Å²) in [5.74, 6) is -0.385. The second-order valence-electron chi connectivity index (χ2n) is 3.55. The maximum absolute atomic E-state index is 11.4. The summed E-state index contributed by atoms with van der Waals surface area (Å²) in [7, 11) is 0. The molecule has 0 amide bonds. The number of benzene rings is 1. The van der Waals surface area contributed by atoms with Crippen LogP contribution >= 0.6 is 11.6 Å². The van der Waals surface area contributed by atoms with E-state index in [-0.39, 0.29) is 17.6 Å². The Morgan fingerprint density at radius 3 is 2.69 bits per heavy atom. The minimum absolute atomic E-state index is 0.189. The van der Waals surface area contributed by atoms with Gasteiger partial charge in [0.05, 0.1) is 11.6 Å². The third-order valence-electron chi connectivity index (χ3n) is 2.45. The Labute approximate surface area is 97.5 Å². The minimum atomic E-state index is -0.401. The molecule has 0 saturated carbocycles. The Kier molecular flexibility index (Phi) is 3.10. The number of carbonyl (C=O) groups excluding carboxylic acids is 1. The molecule has 1 heterocycles. The lowest BCUT2D eigenvalue weighted by Crippen LogP contribution is -2.21. The molecule has 1 aromatic carbocycles. The Balaban J connectivity index is 2.12. The van der Waals surface area contributed by atoms with Gasteiger partial charge < -0.3 is 9.94 Å². The number of phenolic OH excluding ortho intramolecular Hbond substituents is 1. The van der Waals surface area contributed by atoms with Crippen molar-refractivity contribution >= 4 is 23.3 Å². The number of halogens is 1. The quantitative estimate of drug-likeness (QED) is 0.645. The lowest BCUT2D eigenvalue weighted by molar-refractivity contribution is -0.143. The van der Waals surface area contributed by atoms with E-state index in [0.29, 0.717) is 12.1 Å². The molecule has 16 heavy (non-hydrogen) atoms. The number of oxime groups is 1. The first-order valence-corrected chi connectivity index (χ1v) is 5.35. The van der Waals surface area contributed by atoms with Crippen molar-refractivity contribution in [3.63, 3.8) is 0 Å². The third-order valence-corrected chi connectivity index (χ3v) is 2.73. The van der Waals surface area contributed by atoms with Gasteiger partial charge in [-0.3, -0.25) is 0 Å². The molecule has 2 rings (SSSR count). The Morgan fingerprint density at radius 2 is 2.06 bits per heavy atom. The highest BCUT2D eigenvalue weighted by atomic mass is 35.5. The standard InChI is InChI=1S/C11H10ClNO3/c12-6-10-9(11(15)16-13-10)5-7-1-3-8(14)4-2-7/h1-4,9,14H,5-6H2/t9-/m1/s1. The van der Waals surface area contributed by atoms with Crippen LogP contribution < -0.4 is 0 Å². The number of carbonyl (C=O) groups is 1. The van der Waals surface area contributed by atoms with Gasteiger partial charge in [-0.15, -0.1) is 11.6 Å². The highest BCUT2D eigenvalue weighted by Crippen LogP contribution is 2.20. The lowest BCUT2D eigenvalue weighted by atomic mass is 9.96. The van der Waals surface area contributed by atoms with Gasteiger partial charge in [-0.1, -0.05) is 17.3 Å². The van der Waals surface area contributed by atoms with Gasteiger partial charge in [0.2, 0.25) is 0 Å². The number of alkyl halides is 1. The first-order valence-electron chi connectivity index (χ1n) is 4.82. The zero-order valence-corrected chi connectivity index (χ0v) is 9.15. The molecule has 1 atom stereocenters. The smallest absolute Gasteiger partial charge is 0.344 e. The van der Waals surface area contributed by atoms with Gasteiger partial charge in [0.25, 0.3) is 0 Å². The number of rotatable bonds is 3. The monoisotopic (exact) mass is 239 g/mol. The average molecular weight is 240 g/mol. The summed E-state index contributed by atoms with van der Waals surface area (Å²) in [6.07, 6.45) is 0.491. The predicted octanol–water partition coefficient (Wildman–Crippen LogP) is 1.70. The SMILES string of the molecule is O=C1ON=C(CCl)[C@H]1Cc1ccc(O)cc1. The highest BCUT2D eigenvalue weighted by Gasteiger charge is 2.31. The number of aromatic hydroxyl groups is 1. The summed E-state index contributed by atoms with van der Waals surface area (Å²) in [5, 5.41) is 12.7. The molecular formula is C11H10ClNO3. The lowest BCUT2D eigenvalue weighted by Gasteiger charge is -2.07. The molecule has 4 nitrogen and oxygen atoms in total. The molecule has 0 unspecified atom stereocenters. The number of nitrogens with zero attached hydrogens (tertiary/aromatic N) is 1. The predicted molar refractivity (Wildman–Crippen MR) is 59.5 cm³/mol. The summed E-state index contributed by atoms with van der Waals surface area (Å²) >= 11 is 5.66. The molecule has 84 valence electrons. The van der Waals surface area contributed by atoms with Crippen molar-refractivity contribution in [1.82, 2.24) is 0 Å². The summed E-state index contributed by atoms with van der Waals surface area (Å²) in [5.41, 5.74) is 1.49. The molecule has 0 bridgehead atoms. The first-order chi connectivity index (χ1) is 7.70. The second-order valence-corrected chi connectivity index (χ2v) is 3.82. The Bertz CT molecular complexity index is 427. The van der Waals surface area contributed by atoms with Crippen LogP contribution in [0.3, 0.4) is 0 Å². The van der Waals surface area contributed by atoms with Crippen LogP contribution in [0, 0.1) is 5.92 Å². The number of hydrogen-bond donors (Lipinski definition) is 1. The van der Waals surface area contributed by atoms with E-state index < -0.39 is 5.92 Å². The van der Waals surface area contributed by atoms with Gasteiger partial charge >= 0.3 is 5.97 Å². The summed E-state index contributed by atoms with van der Waals surface area (Å²) < 4.78 is 0. The van der Waals surface area contributed by atoms with Gasteiger partial charge in [0.15, 0.2) is 0 Å². The third kappa shape index (κ3) is 2.17. The van der Waals surface area contributed by atoms with Gasteiger partial charge in [-0.05, 0) is 24.1 Å². The van der Waals surface area contributed by atoms with Crippen LogP contribution in [0.1, 0.15) is 5.56 Å². The van der Waals surface area contributed by atoms with Gasteiger partial charge in [0, 0.05) is 0 Å². The molecule has 1 N–H and O–H groups in total. The molecule has 0 fully saturated rings. The van der Waals surface area contributed by atoms with E-state index in [4.69, 9.17) is 16.7 Å². The fourth-order valence-corrected chi connectivity index (χ4v) is 1.79. The molecular weight excluding hydrogens is 230 g/mol. The van der Waals surface area contributed by atoms with Crippen molar-refractivity contribution < 1.29 is 14.7 Å². The van der Waals surface area contributed by atoms with E-state index in [0.717, 1.165) is 5.56 Å².